The molecule has 3 heteroatoms. The van der Waals surface area contributed by atoms with Crippen molar-refractivity contribution in [3.63, 3.8) is 0 Å². The highest BCUT2D eigenvalue weighted by atomic mass is 79.9. The van der Waals surface area contributed by atoms with Gasteiger partial charge in [-0.25, -0.2) is 4.98 Å². The molecule has 0 amide bonds. The van der Waals surface area contributed by atoms with Gasteiger partial charge < -0.3 is 5.32 Å². The van der Waals surface area contributed by atoms with Crippen molar-refractivity contribution < 1.29 is 0 Å². The van der Waals surface area contributed by atoms with Crippen molar-refractivity contribution in [2.75, 3.05) is 5.32 Å². The van der Waals surface area contributed by atoms with E-state index < -0.39 is 0 Å². The second-order valence-corrected chi connectivity index (χ2v) is 5.12. The van der Waals surface area contributed by atoms with Crippen LogP contribution in [0.3, 0.4) is 0 Å². The molecule has 2 rings (SSSR count). The van der Waals surface area contributed by atoms with Gasteiger partial charge >= 0.3 is 0 Å². The van der Waals surface area contributed by atoms with Gasteiger partial charge in [0.25, 0.3) is 0 Å². The van der Waals surface area contributed by atoms with E-state index in [-0.39, 0.29) is 0 Å². The third-order valence-electron chi connectivity index (χ3n) is 2.70. The highest BCUT2D eigenvalue weighted by molar-refractivity contribution is 9.10. The molecule has 1 heterocycles. The number of hydrogen-bond acceptors (Lipinski definition) is 2. The predicted molar refractivity (Wildman–Crippen MR) is 75.9 cm³/mol. The summed E-state index contributed by atoms with van der Waals surface area (Å²) in [5.74, 6) is 0.874. The van der Waals surface area contributed by atoms with Gasteiger partial charge in [0, 0.05) is 16.4 Å². The topological polar surface area (TPSA) is 24.9 Å². The van der Waals surface area contributed by atoms with Crippen LogP contribution in [0.25, 0.3) is 0 Å². The molecular weight excluding hydrogens is 276 g/mol. The lowest BCUT2D eigenvalue weighted by Crippen LogP contribution is -1.96. The van der Waals surface area contributed by atoms with E-state index in [0.717, 1.165) is 16.0 Å². The summed E-state index contributed by atoms with van der Waals surface area (Å²) in [6, 6.07) is 8.39. The summed E-state index contributed by atoms with van der Waals surface area (Å²) in [4.78, 5) is 4.35. The van der Waals surface area contributed by atoms with Crippen LogP contribution in [0, 0.1) is 20.8 Å². The molecule has 0 spiro atoms. The summed E-state index contributed by atoms with van der Waals surface area (Å²) in [5.41, 5.74) is 4.75. The lowest BCUT2D eigenvalue weighted by atomic mass is 10.1. The highest BCUT2D eigenvalue weighted by Crippen LogP contribution is 2.23. The van der Waals surface area contributed by atoms with E-state index in [0.29, 0.717) is 0 Å². The summed E-state index contributed by atoms with van der Waals surface area (Å²) in [6.45, 7) is 6.23. The van der Waals surface area contributed by atoms with Gasteiger partial charge in [-0.1, -0.05) is 12.1 Å². The number of aromatic nitrogens is 1. The second kappa shape index (κ2) is 4.88. The molecule has 2 nitrogen and oxygen atoms in total. The standard InChI is InChI=1S/C14H15BrN2/c1-9-4-5-10(2)13(6-9)17-14-7-11(3)12(15)8-16-14/h4-8H,1-3H3,(H,16,17). The van der Waals surface area contributed by atoms with Crippen molar-refractivity contribution in [3.05, 3.63) is 51.6 Å². The molecule has 0 aliphatic heterocycles. The monoisotopic (exact) mass is 290 g/mol. The maximum Gasteiger partial charge on any atom is 0.130 e. The molecule has 0 saturated heterocycles. The minimum absolute atomic E-state index is 0.874. The fourth-order valence-electron chi connectivity index (χ4n) is 1.62. The first-order chi connectivity index (χ1) is 8.06. The maximum atomic E-state index is 4.35. The van der Waals surface area contributed by atoms with Crippen molar-refractivity contribution in [1.82, 2.24) is 4.98 Å². The van der Waals surface area contributed by atoms with Gasteiger partial charge in [0.2, 0.25) is 0 Å². The quantitative estimate of drug-likeness (QED) is 0.880. The minimum Gasteiger partial charge on any atom is -0.340 e. The number of halogens is 1. The Morgan fingerprint density at radius 1 is 1.06 bits per heavy atom. The second-order valence-electron chi connectivity index (χ2n) is 4.26. The molecular formula is C14H15BrN2. The lowest BCUT2D eigenvalue weighted by molar-refractivity contribution is 1.24. The third kappa shape index (κ3) is 2.86. The molecule has 0 bridgehead atoms. The molecule has 0 aliphatic carbocycles. The maximum absolute atomic E-state index is 4.35. The predicted octanol–water partition coefficient (Wildman–Crippen LogP) is 4.51. The Morgan fingerprint density at radius 2 is 1.82 bits per heavy atom. The average molecular weight is 291 g/mol. The van der Waals surface area contributed by atoms with Gasteiger partial charge in [0.05, 0.1) is 0 Å². The summed E-state index contributed by atoms with van der Waals surface area (Å²) in [5, 5.41) is 3.35. The van der Waals surface area contributed by atoms with E-state index >= 15 is 0 Å². The summed E-state index contributed by atoms with van der Waals surface area (Å²) < 4.78 is 1.03. The Morgan fingerprint density at radius 3 is 2.53 bits per heavy atom. The Labute approximate surface area is 110 Å². The molecule has 1 N–H and O–H groups in total. The SMILES string of the molecule is Cc1ccc(C)c(Nc2cc(C)c(Br)cn2)c1. The van der Waals surface area contributed by atoms with Crippen LogP contribution in [0.4, 0.5) is 11.5 Å². The van der Waals surface area contributed by atoms with Gasteiger partial charge in [-0.15, -0.1) is 0 Å². The number of rotatable bonds is 2. The molecule has 0 radical (unpaired) electrons. The number of aryl methyl sites for hydroxylation is 3. The fraction of sp³-hybridized carbons (Fsp3) is 0.214. The Bertz CT molecular complexity index is 550. The fourth-order valence-corrected chi connectivity index (χ4v) is 1.83. The number of nitrogens with zero attached hydrogens (tertiary/aromatic N) is 1. The normalized spacial score (nSPS) is 10.4. The lowest BCUT2D eigenvalue weighted by Gasteiger charge is -2.10. The van der Waals surface area contributed by atoms with Crippen LogP contribution in [0.1, 0.15) is 16.7 Å². The first-order valence-corrected chi connectivity index (χ1v) is 6.32. The molecule has 0 fully saturated rings. The van der Waals surface area contributed by atoms with Crippen molar-refractivity contribution in [2.45, 2.75) is 20.8 Å². The first-order valence-electron chi connectivity index (χ1n) is 5.52. The van der Waals surface area contributed by atoms with Gasteiger partial charge in [0.15, 0.2) is 0 Å². The van der Waals surface area contributed by atoms with Crippen LogP contribution in [-0.4, -0.2) is 4.98 Å². The Hall–Kier alpha value is -1.35. The van der Waals surface area contributed by atoms with Crippen molar-refractivity contribution in [1.29, 1.82) is 0 Å². The summed E-state index contributed by atoms with van der Waals surface area (Å²) >= 11 is 3.45. The molecule has 0 atom stereocenters. The van der Waals surface area contributed by atoms with Crippen LogP contribution in [-0.2, 0) is 0 Å². The zero-order chi connectivity index (χ0) is 12.4. The van der Waals surface area contributed by atoms with E-state index in [4.69, 9.17) is 0 Å². The molecule has 17 heavy (non-hydrogen) atoms. The largest absolute Gasteiger partial charge is 0.340 e. The van der Waals surface area contributed by atoms with E-state index in [1.54, 1.807) is 0 Å². The highest BCUT2D eigenvalue weighted by Gasteiger charge is 2.02. The zero-order valence-electron chi connectivity index (χ0n) is 10.2. The van der Waals surface area contributed by atoms with Crippen molar-refractivity contribution in [2.24, 2.45) is 0 Å². The molecule has 0 unspecified atom stereocenters. The molecule has 2 aromatic rings. The van der Waals surface area contributed by atoms with Gasteiger partial charge in [-0.2, -0.15) is 0 Å². The summed E-state index contributed by atoms with van der Waals surface area (Å²) in [7, 11) is 0. The van der Waals surface area contributed by atoms with Crippen LogP contribution >= 0.6 is 15.9 Å². The first kappa shape index (κ1) is 12.1. The summed E-state index contributed by atoms with van der Waals surface area (Å²) in [6.07, 6.45) is 1.82. The average Bonchev–Trinajstić information content (AvgIpc) is 2.29. The molecule has 1 aromatic heterocycles. The molecule has 0 saturated carbocycles. The smallest absolute Gasteiger partial charge is 0.130 e. The third-order valence-corrected chi connectivity index (χ3v) is 3.53. The van der Waals surface area contributed by atoms with Crippen LogP contribution in [0.2, 0.25) is 0 Å². The van der Waals surface area contributed by atoms with Gasteiger partial charge in [-0.05, 0) is 65.5 Å². The number of nitrogens with one attached hydrogen (secondary N) is 1. The molecule has 1 aromatic carbocycles. The Kier molecular flexibility index (Phi) is 3.48. The van der Waals surface area contributed by atoms with Gasteiger partial charge in [-0.3, -0.25) is 0 Å². The van der Waals surface area contributed by atoms with Crippen molar-refractivity contribution in [3.8, 4) is 0 Å². The van der Waals surface area contributed by atoms with Crippen molar-refractivity contribution >= 4 is 27.4 Å². The van der Waals surface area contributed by atoms with E-state index in [9.17, 15) is 0 Å². The number of pyridine rings is 1. The van der Waals surface area contributed by atoms with E-state index in [2.05, 4.69) is 65.2 Å². The van der Waals surface area contributed by atoms with Gasteiger partial charge in [0.1, 0.15) is 5.82 Å². The van der Waals surface area contributed by atoms with E-state index in [1.807, 2.05) is 12.3 Å². The molecule has 88 valence electrons. The van der Waals surface area contributed by atoms with Crippen LogP contribution < -0.4 is 5.32 Å². The van der Waals surface area contributed by atoms with E-state index in [1.165, 1.54) is 16.7 Å². The number of hydrogen-bond donors (Lipinski definition) is 1. The Balaban J connectivity index is 2.31. The minimum atomic E-state index is 0.874. The van der Waals surface area contributed by atoms with Crippen LogP contribution in [0.5, 0.6) is 0 Å². The number of benzene rings is 1. The molecule has 0 aliphatic rings. The zero-order valence-corrected chi connectivity index (χ0v) is 11.8. The number of anilines is 2. The van der Waals surface area contributed by atoms with Crippen LogP contribution in [0.15, 0.2) is 34.9 Å².